The maximum atomic E-state index is 4.73. The highest BCUT2D eigenvalue weighted by Gasteiger charge is 2.24. The van der Waals surface area contributed by atoms with E-state index in [-0.39, 0.29) is 5.41 Å². The minimum Gasteiger partial charge on any atom is -0.335 e. The van der Waals surface area contributed by atoms with Crippen LogP contribution in [0.15, 0.2) is 6.20 Å². The molecule has 2 rings (SSSR count). The number of alkyl halides is 1. The van der Waals surface area contributed by atoms with E-state index in [0.717, 1.165) is 18.3 Å². The van der Waals surface area contributed by atoms with Gasteiger partial charge in [-0.3, -0.25) is 0 Å². The summed E-state index contributed by atoms with van der Waals surface area (Å²) < 4.78 is 2.32. The molecule has 0 amide bonds. The van der Waals surface area contributed by atoms with Crippen LogP contribution in [0.2, 0.25) is 0 Å². The summed E-state index contributed by atoms with van der Waals surface area (Å²) >= 11 is 3.55. The Morgan fingerprint density at radius 3 is 2.93 bits per heavy atom. The molecule has 0 bridgehead atoms. The van der Waals surface area contributed by atoms with Gasteiger partial charge in [-0.1, -0.05) is 29.8 Å². The largest absolute Gasteiger partial charge is 0.335 e. The van der Waals surface area contributed by atoms with Crippen LogP contribution in [-0.2, 0) is 18.4 Å². The van der Waals surface area contributed by atoms with Gasteiger partial charge in [0, 0.05) is 29.9 Å². The van der Waals surface area contributed by atoms with Gasteiger partial charge in [0.05, 0.1) is 5.69 Å². The first kappa shape index (κ1) is 10.2. The Kier molecular flexibility index (Phi) is 2.69. The molecule has 2 heterocycles. The molecule has 1 aliphatic rings. The van der Waals surface area contributed by atoms with Crippen LogP contribution in [0, 0.1) is 0 Å². The standard InChI is InChI=1S/C11H17BrN2/c1-11(2,8-12)9-7-14-6-4-3-5-10(14)13-9/h7H,3-6,8H2,1-2H3. The van der Waals surface area contributed by atoms with Gasteiger partial charge >= 0.3 is 0 Å². The van der Waals surface area contributed by atoms with E-state index in [1.165, 1.54) is 24.4 Å². The number of hydrogen-bond acceptors (Lipinski definition) is 1. The summed E-state index contributed by atoms with van der Waals surface area (Å²) in [6.45, 7) is 5.62. The molecule has 78 valence electrons. The predicted octanol–water partition coefficient (Wildman–Crippen LogP) is 2.89. The van der Waals surface area contributed by atoms with Crippen LogP contribution < -0.4 is 0 Å². The van der Waals surface area contributed by atoms with E-state index >= 15 is 0 Å². The summed E-state index contributed by atoms with van der Waals surface area (Å²) in [7, 11) is 0. The highest BCUT2D eigenvalue weighted by molar-refractivity contribution is 9.09. The van der Waals surface area contributed by atoms with Crippen molar-refractivity contribution in [1.29, 1.82) is 0 Å². The van der Waals surface area contributed by atoms with Gasteiger partial charge in [-0.2, -0.15) is 0 Å². The summed E-state index contributed by atoms with van der Waals surface area (Å²) in [5, 5.41) is 0.969. The summed E-state index contributed by atoms with van der Waals surface area (Å²) in [6.07, 6.45) is 5.98. The monoisotopic (exact) mass is 256 g/mol. The smallest absolute Gasteiger partial charge is 0.108 e. The van der Waals surface area contributed by atoms with Crippen LogP contribution in [0.5, 0.6) is 0 Å². The lowest BCUT2D eigenvalue weighted by molar-refractivity contribution is 0.522. The van der Waals surface area contributed by atoms with Crippen molar-refractivity contribution in [3.05, 3.63) is 17.7 Å². The number of hydrogen-bond donors (Lipinski definition) is 0. The van der Waals surface area contributed by atoms with Gasteiger partial charge in [0.25, 0.3) is 0 Å². The molecule has 0 unspecified atom stereocenters. The summed E-state index contributed by atoms with van der Waals surface area (Å²) in [5.74, 6) is 1.28. The molecule has 0 spiro atoms. The van der Waals surface area contributed by atoms with Crippen molar-refractivity contribution in [3.8, 4) is 0 Å². The lowest BCUT2D eigenvalue weighted by atomic mass is 9.93. The zero-order valence-electron chi connectivity index (χ0n) is 8.89. The number of rotatable bonds is 2. The molecule has 1 aliphatic heterocycles. The molecule has 2 nitrogen and oxygen atoms in total. The Labute approximate surface area is 93.9 Å². The number of aryl methyl sites for hydroxylation is 2. The number of halogens is 1. The molecule has 14 heavy (non-hydrogen) atoms. The fourth-order valence-electron chi connectivity index (χ4n) is 1.81. The molecular weight excluding hydrogens is 240 g/mol. The second kappa shape index (κ2) is 3.69. The lowest BCUT2D eigenvalue weighted by Gasteiger charge is -2.18. The van der Waals surface area contributed by atoms with E-state index in [2.05, 4.69) is 40.5 Å². The Morgan fingerprint density at radius 1 is 1.50 bits per heavy atom. The van der Waals surface area contributed by atoms with Gasteiger partial charge in [-0.05, 0) is 12.8 Å². The Bertz CT molecular complexity index is 305. The van der Waals surface area contributed by atoms with Crippen LogP contribution in [0.1, 0.15) is 38.2 Å². The van der Waals surface area contributed by atoms with Gasteiger partial charge in [0.1, 0.15) is 5.82 Å². The summed E-state index contributed by atoms with van der Waals surface area (Å²) in [4.78, 5) is 4.73. The Morgan fingerprint density at radius 2 is 2.29 bits per heavy atom. The van der Waals surface area contributed by atoms with Gasteiger partial charge in [-0.15, -0.1) is 0 Å². The van der Waals surface area contributed by atoms with Crippen molar-refractivity contribution in [3.63, 3.8) is 0 Å². The van der Waals surface area contributed by atoms with Crippen molar-refractivity contribution >= 4 is 15.9 Å². The van der Waals surface area contributed by atoms with E-state index in [1.807, 2.05) is 0 Å². The molecule has 1 aromatic heterocycles. The average Bonchev–Trinajstić information content (AvgIpc) is 2.61. The number of aromatic nitrogens is 2. The quantitative estimate of drug-likeness (QED) is 0.745. The van der Waals surface area contributed by atoms with Crippen LogP contribution in [-0.4, -0.2) is 14.9 Å². The van der Waals surface area contributed by atoms with Gasteiger partial charge in [0.15, 0.2) is 0 Å². The fraction of sp³-hybridized carbons (Fsp3) is 0.727. The number of fused-ring (bicyclic) bond motifs is 1. The Hall–Kier alpha value is -0.310. The van der Waals surface area contributed by atoms with Crippen molar-refractivity contribution < 1.29 is 0 Å². The molecule has 0 saturated carbocycles. The van der Waals surface area contributed by atoms with Crippen molar-refractivity contribution in [2.75, 3.05) is 5.33 Å². The summed E-state index contributed by atoms with van der Waals surface area (Å²) in [5.41, 5.74) is 1.39. The summed E-state index contributed by atoms with van der Waals surface area (Å²) in [6, 6.07) is 0. The average molecular weight is 257 g/mol. The normalized spacial score (nSPS) is 16.8. The van der Waals surface area contributed by atoms with Gasteiger partial charge < -0.3 is 4.57 Å². The Balaban J connectivity index is 2.32. The molecule has 0 radical (unpaired) electrons. The maximum Gasteiger partial charge on any atom is 0.108 e. The molecule has 0 atom stereocenters. The molecule has 0 aromatic carbocycles. The van der Waals surface area contributed by atoms with Crippen molar-refractivity contribution in [1.82, 2.24) is 9.55 Å². The predicted molar refractivity (Wildman–Crippen MR) is 62.0 cm³/mol. The number of nitrogens with zero attached hydrogens (tertiary/aromatic N) is 2. The third kappa shape index (κ3) is 1.74. The van der Waals surface area contributed by atoms with Crippen molar-refractivity contribution in [2.45, 2.75) is 45.1 Å². The zero-order chi connectivity index (χ0) is 10.2. The second-order valence-electron chi connectivity index (χ2n) is 4.71. The third-order valence-electron chi connectivity index (χ3n) is 2.94. The topological polar surface area (TPSA) is 17.8 Å². The molecule has 0 saturated heterocycles. The number of imidazole rings is 1. The first-order chi connectivity index (χ1) is 6.63. The van der Waals surface area contributed by atoms with Crippen molar-refractivity contribution in [2.24, 2.45) is 0 Å². The molecule has 1 aromatic rings. The fourth-order valence-corrected chi connectivity index (χ4v) is 2.09. The molecule has 3 heteroatoms. The van der Waals surface area contributed by atoms with E-state index < -0.39 is 0 Å². The maximum absolute atomic E-state index is 4.73. The van der Waals surface area contributed by atoms with E-state index in [1.54, 1.807) is 0 Å². The minimum atomic E-state index is 0.157. The van der Waals surface area contributed by atoms with E-state index in [4.69, 9.17) is 4.98 Å². The highest BCUT2D eigenvalue weighted by atomic mass is 79.9. The van der Waals surface area contributed by atoms with Gasteiger partial charge in [-0.25, -0.2) is 4.98 Å². The van der Waals surface area contributed by atoms with Crippen LogP contribution in [0.4, 0.5) is 0 Å². The van der Waals surface area contributed by atoms with E-state index in [0.29, 0.717) is 0 Å². The van der Waals surface area contributed by atoms with E-state index in [9.17, 15) is 0 Å². The van der Waals surface area contributed by atoms with Crippen LogP contribution in [0.3, 0.4) is 0 Å². The molecule has 0 fully saturated rings. The first-order valence-corrected chi connectivity index (χ1v) is 6.38. The second-order valence-corrected chi connectivity index (χ2v) is 5.27. The molecule has 0 aliphatic carbocycles. The SMILES string of the molecule is CC(C)(CBr)c1cn2c(n1)CCCC2. The highest BCUT2D eigenvalue weighted by Crippen LogP contribution is 2.26. The zero-order valence-corrected chi connectivity index (χ0v) is 10.5. The van der Waals surface area contributed by atoms with Crippen LogP contribution >= 0.6 is 15.9 Å². The first-order valence-electron chi connectivity index (χ1n) is 5.26. The third-order valence-corrected chi connectivity index (χ3v) is 4.34. The minimum absolute atomic E-state index is 0.157. The van der Waals surface area contributed by atoms with Crippen LogP contribution in [0.25, 0.3) is 0 Å². The van der Waals surface area contributed by atoms with Gasteiger partial charge in [0.2, 0.25) is 0 Å². The molecule has 0 N–H and O–H groups in total. The molecular formula is C11H17BrN2. The lowest BCUT2D eigenvalue weighted by Crippen LogP contribution is -2.19.